The lowest BCUT2D eigenvalue weighted by atomic mass is 10.1. The molecule has 6 heteroatoms. The van der Waals surface area contributed by atoms with E-state index in [4.69, 9.17) is 5.10 Å². The summed E-state index contributed by atoms with van der Waals surface area (Å²) in [5.74, 6) is 0. The first-order chi connectivity index (χ1) is 14.5. The van der Waals surface area contributed by atoms with Gasteiger partial charge in [0, 0.05) is 17.8 Å². The van der Waals surface area contributed by atoms with Crippen LogP contribution in [0.1, 0.15) is 50.6 Å². The Morgan fingerprint density at radius 2 is 1.67 bits per heavy atom. The Morgan fingerprint density at radius 1 is 1.03 bits per heavy atom. The van der Waals surface area contributed by atoms with Crippen molar-refractivity contribution >= 4 is 10.0 Å². The Bertz CT molecular complexity index is 1060. The second-order valence-corrected chi connectivity index (χ2v) is 9.86. The van der Waals surface area contributed by atoms with Gasteiger partial charge in [-0.15, -0.1) is 0 Å². The number of rotatable bonds is 8. The summed E-state index contributed by atoms with van der Waals surface area (Å²) in [4.78, 5) is 0.271. The highest BCUT2D eigenvalue weighted by molar-refractivity contribution is 7.89. The van der Waals surface area contributed by atoms with Crippen LogP contribution in [0.4, 0.5) is 0 Å². The third-order valence-electron chi connectivity index (χ3n) is 5.80. The minimum atomic E-state index is -3.68. The van der Waals surface area contributed by atoms with Crippen molar-refractivity contribution in [3.05, 3.63) is 72.4 Å². The highest BCUT2D eigenvalue weighted by atomic mass is 32.2. The molecule has 0 saturated heterocycles. The Kier molecular flexibility index (Phi) is 6.35. The van der Waals surface area contributed by atoms with E-state index in [1.165, 1.54) is 18.4 Å². The lowest BCUT2D eigenvalue weighted by Crippen LogP contribution is -2.33. The Morgan fingerprint density at radius 3 is 2.33 bits per heavy atom. The smallest absolute Gasteiger partial charge is 0.244 e. The van der Waals surface area contributed by atoms with E-state index in [1.807, 2.05) is 60.1 Å². The number of aryl methyl sites for hydroxylation is 1. The van der Waals surface area contributed by atoms with Crippen LogP contribution in [-0.4, -0.2) is 24.2 Å². The number of nitrogens with one attached hydrogen (secondary N) is 1. The van der Waals surface area contributed by atoms with Crippen LogP contribution < -0.4 is 4.72 Å². The molecule has 158 valence electrons. The molecule has 3 aromatic rings. The lowest BCUT2D eigenvalue weighted by Gasteiger charge is -2.14. The molecule has 0 bridgehead atoms. The zero-order chi connectivity index (χ0) is 21.0. The molecule has 1 heterocycles. The molecule has 1 saturated carbocycles. The minimum absolute atomic E-state index is 0.173. The number of hydrogen-bond acceptors (Lipinski definition) is 3. The summed E-state index contributed by atoms with van der Waals surface area (Å²) in [5.41, 5.74) is 2.57. The summed E-state index contributed by atoms with van der Waals surface area (Å²) in [7, 11) is -3.68. The normalized spacial score (nSPS) is 16.0. The highest BCUT2D eigenvalue weighted by Gasteiger charge is 2.28. The maximum absolute atomic E-state index is 13.3. The van der Waals surface area contributed by atoms with Crippen molar-refractivity contribution in [1.29, 1.82) is 0 Å². The van der Waals surface area contributed by atoms with Gasteiger partial charge in [-0.1, -0.05) is 73.5 Å². The molecule has 1 aliphatic carbocycles. The zero-order valence-corrected chi connectivity index (χ0v) is 18.2. The minimum Gasteiger partial charge on any atom is -0.268 e. The summed E-state index contributed by atoms with van der Waals surface area (Å²) in [6.45, 7) is 1.92. The molecule has 2 aromatic carbocycles. The summed E-state index contributed by atoms with van der Waals surface area (Å²) >= 11 is 0. The fourth-order valence-electron chi connectivity index (χ4n) is 4.14. The second kappa shape index (κ2) is 9.14. The predicted molar refractivity (Wildman–Crippen MR) is 120 cm³/mol. The molecule has 0 aliphatic heterocycles. The maximum Gasteiger partial charge on any atom is 0.244 e. The third kappa shape index (κ3) is 4.82. The molecule has 0 amide bonds. The van der Waals surface area contributed by atoms with Gasteiger partial charge in [-0.3, -0.25) is 4.68 Å². The average molecular weight is 424 g/mol. The van der Waals surface area contributed by atoms with Gasteiger partial charge >= 0.3 is 0 Å². The van der Waals surface area contributed by atoms with Gasteiger partial charge in [0.05, 0.1) is 6.04 Å². The van der Waals surface area contributed by atoms with Crippen LogP contribution in [-0.2, 0) is 16.4 Å². The van der Waals surface area contributed by atoms with Crippen molar-refractivity contribution in [3.63, 3.8) is 0 Å². The van der Waals surface area contributed by atoms with E-state index in [2.05, 4.69) is 16.9 Å². The van der Waals surface area contributed by atoms with E-state index in [0.29, 0.717) is 5.69 Å². The van der Waals surface area contributed by atoms with Crippen molar-refractivity contribution in [2.24, 2.45) is 0 Å². The summed E-state index contributed by atoms with van der Waals surface area (Å²) in [6.07, 6.45) is 7.74. The van der Waals surface area contributed by atoms with Crippen molar-refractivity contribution in [1.82, 2.24) is 14.5 Å². The fourth-order valence-corrected chi connectivity index (χ4v) is 5.57. The van der Waals surface area contributed by atoms with E-state index < -0.39 is 10.0 Å². The summed E-state index contributed by atoms with van der Waals surface area (Å²) in [6, 6.07) is 19.8. The van der Waals surface area contributed by atoms with Crippen LogP contribution in [0.15, 0.2) is 71.8 Å². The average Bonchev–Trinajstić information content (AvgIpc) is 3.43. The summed E-state index contributed by atoms with van der Waals surface area (Å²) in [5, 5.41) is 4.73. The monoisotopic (exact) mass is 423 g/mol. The second-order valence-electron chi connectivity index (χ2n) is 8.17. The molecule has 0 radical (unpaired) electrons. The molecule has 1 unspecified atom stereocenters. The van der Waals surface area contributed by atoms with Gasteiger partial charge in [0.25, 0.3) is 0 Å². The van der Waals surface area contributed by atoms with Crippen molar-refractivity contribution in [2.75, 3.05) is 0 Å². The first kappa shape index (κ1) is 20.8. The molecule has 1 aliphatic rings. The Hall–Kier alpha value is -2.44. The highest BCUT2D eigenvalue weighted by Crippen LogP contribution is 2.33. The summed E-state index contributed by atoms with van der Waals surface area (Å²) < 4.78 is 31.4. The zero-order valence-electron chi connectivity index (χ0n) is 17.4. The van der Waals surface area contributed by atoms with E-state index >= 15 is 0 Å². The molecular weight excluding hydrogens is 394 g/mol. The molecule has 30 heavy (non-hydrogen) atoms. The van der Waals surface area contributed by atoms with Gasteiger partial charge in [-0.2, -0.15) is 5.10 Å². The molecule has 4 rings (SSSR count). The van der Waals surface area contributed by atoms with Crippen LogP contribution in [0.25, 0.3) is 11.3 Å². The molecular formula is C24H29N3O2S. The molecule has 1 atom stereocenters. The van der Waals surface area contributed by atoms with Crippen LogP contribution in [0, 0.1) is 0 Å². The lowest BCUT2D eigenvalue weighted by molar-refractivity contribution is 0.466. The van der Waals surface area contributed by atoms with Gasteiger partial charge < -0.3 is 0 Å². The molecule has 5 nitrogen and oxygen atoms in total. The topological polar surface area (TPSA) is 64.0 Å². The first-order valence-electron chi connectivity index (χ1n) is 10.7. The van der Waals surface area contributed by atoms with E-state index in [0.717, 1.165) is 31.2 Å². The van der Waals surface area contributed by atoms with Crippen LogP contribution >= 0.6 is 0 Å². The number of benzene rings is 2. The fraction of sp³-hybridized carbons (Fsp3) is 0.375. The van der Waals surface area contributed by atoms with Gasteiger partial charge in [0.1, 0.15) is 10.6 Å². The number of sulfonamides is 1. The number of aromatic nitrogens is 2. The van der Waals surface area contributed by atoms with Gasteiger partial charge in [0.2, 0.25) is 10.0 Å². The van der Waals surface area contributed by atoms with Crippen LogP contribution in [0.3, 0.4) is 0 Å². The van der Waals surface area contributed by atoms with Crippen LogP contribution in [0.2, 0.25) is 0 Å². The number of hydrogen-bond donors (Lipinski definition) is 1. The maximum atomic E-state index is 13.3. The molecule has 1 aromatic heterocycles. The van der Waals surface area contributed by atoms with Crippen molar-refractivity contribution < 1.29 is 8.42 Å². The quantitative estimate of drug-likeness (QED) is 0.557. The Balaban J connectivity index is 1.57. The van der Waals surface area contributed by atoms with E-state index in [1.54, 1.807) is 6.20 Å². The van der Waals surface area contributed by atoms with Gasteiger partial charge in [0.15, 0.2) is 0 Å². The van der Waals surface area contributed by atoms with Crippen molar-refractivity contribution in [3.8, 4) is 11.3 Å². The molecule has 0 spiro atoms. The SMILES string of the molecule is CC(CCc1ccccc1)NS(=O)(=O)c1cn(C2CCCC2)nc1-c1ccccc1. The van der Waals surface area contributed by atoms with Crippen LogP contribution in [0.5, 0.6) is 0 Å². The van der Waals surface area contributed by atoms with E-state index in [9.17, 15) is 8.42 Å². The van der Waals surface area contributed by atoms with Gasteiger partial charge in [-0.25, -0.2) is 13.1 Å². The molecule has 1 N–H and O–H groups in total. The van der Waals surface area contributed by atoms with Crippen molar-refractivity contribution in [2.45, 2.75) is 62.4 Å². The van der Waals surface area contributed by atoms with E-state index in [-0.39, 0.29) is 17.0 Å². The predicted octanol–water partition coefficient (Wildman–Crippen LogP) is 4.96. The third-order valence-corrected chi connectivity index (χ3v) is 7.39. The Labute approximate surface area is 179 Å². The standard InChI is InChI=1S/C24H29N3O2S/c1-19(16-17-20-10-4-2-5-11-20)26-30(28,29)23-18-27(22-14-8-9-15-22)25-24(23)21-12-6-3-7-13-21/h2-7,10-13,18-19,22,26H,8-9,14-17H2,1H3. The van der Waals surface area contributed by atoms with Gasteiger partial charge in [-0.05, 0) is 38.2 Å². The largest absolute Gasteiger partial charge is 0.268 e. The number of nitrogens with zero attached hydrogens (tertiary/aromatic N) is 2. The molecule has 1 fully saturated rings. The first-order valence-corrected chi connectivity index (χ1v) is 12.2.